The molecule has 1 amide bonds. The Morgan fingerprint density at radius 1 is 0.889 bits per heavy atom. The number of carbonyl (C=O) groups is 1. The fourth-order valence-electron chi connectivity index (χ4n) is 3.15. The molecule has 0 aliphatic heterocycles. The van der Waals surface area contributed by atoms with Gasteiger partial charge in [-0.15, -0.1) is 0 Å². The van der Waals surface area contributed by atoms with E-state index in [1.807, 2.05) is 30.3 Å². The van der Waals surface area contributed by atoms with Crippen molar-refractivity contribution in [1.29, 1.82) is 0 Å². The van der Waals surface area contributed by atoms with E-state index in [0.29, 0.717) is 5.56 Å². The molecule has 0 unspecified atom stereocenters. The SMILES string of the molecule is Cc1cccc(C)c1-c1ccc(C(=O)Nc2ccc(C(C)(C)C)cc2)cn1. The molecule has 3 nitrogen and oxygen atoms in total. The van der Waals surface area contributed by atoms with Crippen molar-refractivity contribution in [2.75, 3.05) is 5.32 Å². The second-order valence-corrected chi connectivity index (χ2v) is 7.98. The lowest BCUT2D eigenvalue weighted by molar-refractivity contribution is 0.102. The van der Waals surface area contributed by atoms with Gasteiger partial charge in [-0.25, -0.2) is 0 Å². The maximum atomic E-state index is 12.5. The number of nitrogens with zero attached hydrogens (tertiary/aromatic N) is 1. The summed E-state index contributed by atoms with van der Waals surface area (Å²) in [5.41, 5.74) is 7.03. The average molecular weight is 358 g/mol. The third kappa shape index (κ3) is 4.25. The highest BCUT2D eigenvalue weighted by atomic mass is 16.1. The first-order valence-corrected chi connectivity index (χ1v) is 9.20. The number of benzene rings is 2. The molecule has 0 saturated heterocycles. The van der Waals surface area contributed by atoms with Crippen molar-refractivity contribution in [2.24, 2.45) is 0 Å². The van der Waals surface area contributed by atoms with Gasteiger partial charge < -0.3 is 5.32 Å². The highest BCUT2D eigenvalue weighted by molar-refractivity contribution is 6.04. The van der Waals surface area contributed by atoms with E-state index in [1.54, 1.807) is 6.20 Å². The number of amides is 1. The standard InChI is InChI=1S/C24H26N2O/c1-16-7-6-8-17(2)22(16)21-14-9-18(15-25-21)23(27)26-20-12-10-19(11-13-20)24(3,4)5/h6-15H,1-5H3,(H,26,27). The Kier molecular flexibility index (Phi) is 5.13. The van der Waals surface area contributed by atoms with Crippen molar-refractivity contribution in [3.8, 4) is 11.3 Å². The second kappa shape index (κ2) is 7.36. The second-order valence-electron chi connectivity index (χ2n) is 7.98. The summed E-state index contributed by atoms with van der Waals surface area (Å²) in [5, 5.41) is 2.94. The van der Waals surface area contributed by atoms with E-state index >= 15 is 0 Å². The van der Waals surface area contributed by atoms with Crippen LogP contribution in [0.5, 0.6) is 0 Å². The van der Waals surface area contributed by atoms with Gasteiger partial charge in [0.05, 0.1) is 11.3 Å². The minimum Gasteiger partial charge on any atom is -0.322 e. The van der Waals surface area contributed by atoms with Crippen molar-refractivity contribution in [2.45, 2.75) is 40.0 Å². The van der Waals surface area contributed by atoms with Gasteiger partial charge in [-0.3, -0.25) is 9.78 Å². The fourth-order valence-corrected chi connectivity index (χ4v) is 3.15. The first-order chi connectivity index (χ1) is 12.8. The van der Waals surface area contributed by atoms with Crippen LogP contribution >= 0.6 is 0 Å². The highest BCUT2D eigenvalue weighted by Crippen LogP contribution is 2.26. The van der Waals surface area contributed by atoms with E-state index in [2.05, 4.69) is 69.2 Å². The minimum atomic E-state index is -0.154. The first-order valence-electron chi connectivity index (χ1n) is 9.20. The quantitative estimate of drug-likeness (QED) is 0.632. The van der Waals surface area contributed by atoms with Gasteiger partial charge in [-0.1, -0.05) is 51.1 Å². The number of hydrogen-bond acceptors (Lipinski definition) is 2. The molecule has 0 atom stereocenters. The van der Waals surface area contributed by atoms with Crippen molar-refractivity contribution >= 4 is 11.6 Å². The zero-order valence-electron chi connectivity index (χ0n) is 16.6. The van der Waals surface area contributed by atoms with Crippen LogP contribution in [-0.4, -0.2) is 10.9 Å². The van der Waals surface area contributed by atoms with Gasteiger partial charge in [0, 0.05) is 17.4 Å². The number of anilines is 1. The molecule has 0 bridgehead atoms. The Balaban J connectivity index is 1.76. The summed E-state index contributed by atoms with van der Waals surface area (Å²) in [6.07, 6.45) is 1.64. The molecule has 3 aromatic rings. The van der Waals surface area contributed by atoms with E-state index in [0.717, 1.165) is 16.9 Å². The number of hydrogen-bond donors (Lipinski definition) is 1. The summed E-state index contributed by atoms with van der Waals surface area (Å²) in [6, 6.07) is 17.9. The largest absolute Gasteiger partial charge is 0.322 e. The van der Waals surface area contributed by atoms with Crippen LogP contribution in [0.3, 0.4) is 0 Å². The highest BCUT2D eigenvalue weighted by Gasteiger charge is 2.14. The van der Waals surface area contributed by atoms with Crippen LogP contribution in [0.15, 0.2) is 60.8 Å². The van der Waals surface area contributed by atoms with Crippen LogP contribution in [-0.2, 0) is 5.41 Å². The summed E-state index contributed by atoms with van der Waals surface area (Å²) in [6.45, 7) is 10.7. The lowest BCUT2D eigenvalue weighted by Gasteiger charge is -2.19. The monoisotopic (exact) mass is 358 g/mol. The van der Waals surface area contributed by atoms with Gasteiger partial charge >= 0.3 is 0 Å². The van der Waals surface area contributed by atoms with Gasteiger partial charge in [0.1, 0.15) is 0 Å². The summed E-state index contributed by atoms with van der Waals surface area (Å²) in [4.78, 5) is 17.0. The molecule has 3 rings (SSSR count). The van der Waals surface area contributed by atoms with E-state index in [1.165, 1.54) is 16.7 Å². The summed E-state index contributed by atoms with van der Waals surface area (Å²) in [5.74, 6) is -0.154. The number of nitrogens with one attached hydrogen (secondary N) is 1. The van der Waals surface area contributed by atoms with Crippen molar-refractivity contribution in [3.05, 3.63) is 83.0 Å². The summed E-state index contributed by atoms with van der Waals surface area (Å²) >= 11 is 0. The molecule has 3 heteroatoms. The average Bonchev–Trinajstić information content (AvgIpc) is 2.62. The number of aryl methyl sites for hydroxylation is 2. The van der Waals surface area contributed by atoms with Gasteiger partial charge in [0.2, 0.25) is 0 Å². The van der Waals surface area contributed by atoms with E-state index in [4.69, 9.17) is 0 Å². The summed E-state index contributed by atoms with van der Waals surface area (Å²) in [7, 11) is 0. The van der Waals surface area contributed by atoms with Crippen molar-refractivity contribution in [1.82, 2.24) is 4.98 Å². The molecule has 1 N–H and O–H groups in total. The van der Waals surface area contributed by atoms with Crippen LogP contribution in [0.2, 0.25) is 0 Å². The molecule has 0 fully saturated rings. The Labute approximate surface area is 161 Å². The molecule has 138 valence electrons. The molecule has 0 aliphatic carbocycles. The first kappa shape index (κ1) is 18.8. The molecule has 0 aliphatic rings. The van der Waals surface area contributed by atoms with E-state index in [-0.39, 0.29) is 11.3 Å². The zero-order valence-corrected chi connectivity index (χ0v) is 16.6. The predicted octanol–water partition coefficient (Wildman–Crippen LogP) is 5.92. The minimum absolute atomic E-state index is 0.0932. The zero-order chi connectivity index (χ0) is 19.6. The fraction of sp³-hybridized carbons (Fsp3) is 0.250. The molecular weight excluding hydrogens is 332 g/mol. The van der Waals surface area contributed by atoms with Crippen LogP contribution in [0.4, 0.5) is 5.69 Å². The Morgan fingerprint density at radius 3 is 2.04 bits per heavy atom. The lowest BCUT2D eigenvalue weighted by atomic mass is 9.87. The Morgan fingerprint density at radius 2 is 1.52 bits per heavy atom. The molecule has 0 saturated carbocycles. The summed E-state index contributed by atoms with van der Waals surface area (Å²) < 4.78 is 0. The molecule has 2 aromatic carbocycles. The maximum Gasteiger partial charge on any atom is 0.257 e. The topological polar surface area (TPSA) is 42.0 Å². The van der Waals surface area contributed by atoms with Crippen LogP contribution in [0.1, 0.15) is 47.8 Å². The molecule has 1 heterocycles. The third-order valence-corrected chi connectivity index (χ3v) is 4.77. The van der Waals surface area contributed by atoms with Gasteiger partial charge in [0.15, 0.2) is 0 Å². The predicted molar refractivity (Wildman–Crippen MR) is 112 cm³/mol. The van der Waals surface area contributed by atoms with Gasteiger partial charge in [-0.05, 0) is 60.2 Å². The number of carbonyl (C=O) groups excluding carboxylic acids is 1. The van der Waals surface area contributed by atoms with Crippen LogP contribution < -0.4 is 5.32 Å². The van der Waals surface area contributed by atoms with Gasteiger partial charge in [-0.2, -0.15) is 0 Å². The molecule has 0 radical (unpaired) electrons. The molecule has 27 heavy (non-hydrogen) atoms. The van der Waals surface area contributed by atoms with Crippen LogP contribution in [0.25, 0.3) is 11.3 Å². The Bertz CT molecular complexity index is 929. The van der Waals surface area contributed by atoms with E-state index < -0.39 is 0 Å². The lowest BCUT2D eigenvalue weighted by Crippen LogP contribution is -2.14. The maximum absolute atomic E-state index is 12.5. The van der Waals surface area contributed by atoms with Crippen LogP contribution in [0, 0.1) is 13.8 Å². The molecular formula is C24H26N2O. The number of rotatable bonds is 3. The van der Waals surface area contributed by atoms with Gasteiger partial charge in [0.25, 0.3) is 5.91 Å². The molecule has 1 aromatic heterocycles. The molecule has 0 spiro atoms. The van der Waals surface area contributed by atoms with E-state index in [9.17, 15) is 4.79 Å². The normalized spacial score (nSPS) is 11.3. The Hall–Kier alpha value is -2.94. The van der Waals surface area contributed by atoms with Crippen molar-refractivity contribution in [3.63, 3.8) is 0 Å². The number of aromatic nitrogens is 1. The smallest absolute Gasteiger partial charge is 0.257 e. The van der Waals surface area contributed by atoms with Crippen molar-refractivity contribution < 1.29 is 4.79 Å². The third-order valence-electron chi connectivity index (χ3n) is 4.77. The number of pyridine rings is 1.